The summed E-state index contributed by atoms with van der Waals surface area (Å²) in [6.07, 6.45) is 20.7. The molecule has 4 rings (SSSR count). The maximum absolute atomic E-state index is 6.20. The zero-order valence-electron chi connectivity index (χ0n) is 26.2. The number of nitrogens with zero attached hydrogens (tertiary/aromatic N) is 1. The minimum atomic E-state index is 0.527. The van der Waals surface area contributed by atoms with Crippen molar-refractivity contribution in [2.45, 2.75) is 103 Å². The van der Waals surface area contributed by atoms with Crippen LogP contribution in [0.2, 0.25) is 5.15 Å². The maximum atomic E-state index is 6.20. The van der Waals surface area contributed by atoms with E-state index in [0.717, 1.165) is 48.3 Å². The molecule has 0 fully saturated rings. The number of aromatic nitrogens is 1. The van der Waals surface area contributed by atoms with Gasteiger partial charge in [0.25, 0.3) is 0 Å². The molecule has 0 unspecified atom stereocenters. The summed E-state index contributed by atoms with van der Waals surface area (Å²) in [4.78, 5) is 4.26. The molecule has 0 aliphatic rings. The fourth-order valence-electron chi connectivity index (χ4n) is 5.60. The number of hydrogen-bond acceptors (Lipinski definition) is 3. The van der Waals surface area contributed by atoms with Crippen molar-refractivity contribution < 1.29 is 9.47 Å². The average Bonchev–Trinajstić information content (AvgIpc) is 3.05. The van der Waals surface area contributed by atoms with Crippen LogP contribution < -0.4 is 9.47 Å². The normalized spacial score (nSPS) is 11.2. The van der Waals surface area contributed by atoms with E-state index in [-0.39, 0.29) is 0 Å². The fraction of sp³-hybridized carbons (Fsp3) is 0.462. The molecule has 4 aromatic rings. The summed E-state index contributed by atoms with van der Waals surface area (Å²) in [6, 6.07) is 25.7. The lowest BCUT2D eigenvalue weighted by molar-refractivity contribution is 0.302. The summed E-state index contributed by atoms with van der Waals surface area (Å²) in [5.41, 5.74) is 3.98. The van der Waals surface area contributed by atoms with Gasteiger partial charge in [-0.15, -0.1) is 0 Å². The Labute approximate surface area is 265 Å². The predicted molar refractivity (Wildman–Crippen MR) is 184 cm³/mol. The number of pyridine rings is 1. The number of ether oxygens (including phenoxy) is 2. The van der Waals surface area contributed by atoms with Gasteiger partial charge in [-0.05, 0) is 54.5 Å². The van der Waals surface area contributed by atoms with Crippen molar-refractivity contribution >= 4 is 22.4 Å². The molecule has 0 spiro atoms. The zero-order chi connectivity index (χ0) is 30.0. The molecule has 43 heavy (non-hydrogen) atoms. The summed E-state index contributed by atoms with van der Waals surface area (Å²) in [5, 5.41) is 2.50. The monoisotopic (exact) mass is 599 g/mol. The van der Waals surface area contributed by atoms with Crippen LogP contribution in [0.25, 0.3) is 21.9 Å². The molecule has 0 radical (unpaired) electrons. The van der Waals surface area contributed by atoms with E-state index in [1.165, 1.54) is 100 Å². The van der Waals surface area contributed by atoms with E-state index in [2.05, 4.69) is 60.4 Å². The lowest BCUT2D eigenvalue weighted by Crippen LogP contribution is -1.99. The Bertz CT molecular complexity index is 1320. The molecule has 0 saturated carbocycles. The third kappa shape index (κ3) is 11.5. The summed E-state index contributed by atoms with van der Waals surface area (Å²) in [5.74, 6) is 1.79. The summed E-state index contributed by atoms with van der Waals surface area (Å²) >= 11 is 6.20. The van der Waals surface area contributed by atoms with E-state index >= 15 is 0 Å². The zero-order valence-corrected chi connectivity index (χ0v) is 26.9. The molecule has 0 aliphatic carbocycles. The van der Waals surface area contributed by atoms with Crippen molar-refractivity contribution in [1.29, 1.82) is 0 Å². The van der Waals surface area contributed by atoms with Crippen LogP contribution in [-0.4, -0.2) is 18.2 Å². The molecular formula is C39H50ClNO2. The Hall–Kier alpha value is -3.04. The number of fused-ring (bicyclic) bond motifs is 1. The molecule has 0 bridgehead atoms. The molecule has 230 valence electrons. The SMILES string of the molecule is CCCCCCCCc1ccc(-c2ccc(OCCCCCCCCCCOc3cnc(Cl)c4ccccc34)cc2)cc1. The Kier molecular flexibility index (Phi) is 14.7. The Balaban J connectivity index is 0.998. The maximum Gasteiger partial charge on any atom is 0.145 e. The minimum Gasteiger partial charge on any atom is -0.494 e. The van der Waals surface area contributed by atoms with Gasteiger partial charge >= 0.3 is 0 Å². The number of benzene rings is 3. The number of unbranched alkanes of at least 4 members (excludes halogenated alkanes) is 12. The Morgan fingerprint density at radius 1 is 0.558 bits per heavy atom. The molecule has 0 saturated heterocycles. The highest BCUT2D eigenvalue weighted by Crippen LogP contribution is 2.29. The van der Waals surface area contributed by atoms with E-state index in [4.69, 9.17) is 21.1 Å². The molecule has 3 nitrogen and oxygen atoms in total. The van der Waals surface area contributed by atoms with Gasteiger partial charge in [0.1, 0.15) is 16.7 Å². The fourth-order valence-corrected chi connectivity index (χ4v) is 5.81. The van der Waals surface area contributed by atoms with Crippen LogP contribution in [0.15, 0.2) is 79.0 Å². The number of aryl methyl sites for hydroxylation is 1. The highest BCUT2D eigenvalue weighted by atomic mass is 35.5. The third-order valence-electron chi connectivity index (χ3n) is 8.24. The van der Waals surface area contributed by atoms with E-state index in [9.17, 15) is 0 Å². The van der Waals surface area contributed by atoms with Gasteiger partial charge in [0.2, 0.25) is 0 Å². The van der Waals surface area contributed by atoms with Crippen molar-refractivity contribution in [2.24, 2.45) is 0 Å². The van der Waals surface area contributed by atoms with E-state index in [1.54, 1.807) is 6.20 Å². The van der Waals surface area contributed by atoms with Crippen LogP contribution >= 0.6 is 11.6 Å². The van der Waals surface area contributed by atoms with Gasteiger partial charge in [0.15, 0.2) is 0 Å². The van der Waals surface area contributed by atoms with Crippen LogP contribution in [0.5, 0.6) is 11.5 Å². The van der Waals surface area contributed by atoms with Gasteiger partial charge in [-0.25, -0.2) is 4.98 Å². The number of hydrogen-bond donors (Lipinski definition) is 0. The van der Waals surface area contributed by atoms with Crippen molar-refractivity contribution in [3.8, 4) is 22.6 Å². The largest absolute Gasteiger partial charge is 0.494 e. The highest BCUT2D eigenvalue weighted by Gasteiger charge is 2.06. The van der Waals surface area contributed by atoms with Gasteiger partial charge in [0.05, 0.1) is 19.4 Å². The summed E-state index contributed by atoms with van der Waals surface area (Å²) < 4.78 is 12.0. The Morgan fingerprint density at radius 2 is 1.09 bits per heavy atom. The first-order valence-corrected chi connectivity index (χ1v) is 17.1. The van der Waals surface area contributed by atoms with Crippen molar-refractivity contribution in [2.75, 3.05) is 13.2 Å². The van der Waals surface area contributed by atoms with Crippen molar-refractivity contribution in [3.63, 3.8) is 0 Å². The van der Waals surface area contributed by atoms with Gasteiger partial charge in [-0.1, -0.05) is 150 Å². The van der Waals surface area contributed by atoms with Crippen LogP contribution in [0.1, 0.15) is 102 Å². The standard InChI is InChI=1S/C39H50ClNO2/c1-2-3-4-5-10-13-18-32-21-23-33(24-22-32)34-25-27-35(28-26-34)42-29-16-11-8-6-7-9-12-17-30-43-38-31-41-39(40)37-20-15-14-19-36(37)38/h14-15,19-28,31H,2-13,16-18,29-30H2,1H3. The minimum absolute atomic E-state index is 0.527. The highest BCUT2D eigenvalue weighted by molar-refractivity contribution is 6.34. The number of halogens is 1. The van der Waals surface area contributed by atoms with E-state index < -0.39 is 0 Å². The van der Waals surface area contributed by atoms with Crippen LogP contribution in [0.3, 0.4) is 0 Å². The lowest BCUT2D eigenvalue weighted by atomic mass is 10.0. The Morgan fingerprint density at radius 3 is 1.74 bits per heavy atom. The van der Waals surface area contributed by atoms with Gasteiger partial charge in [-0.3, -0.25) is 0 Å². The first-order valence-electron chi connectivity index (χ1n) is 16.7. The molecule has 0 amide bonds. The second-order valence-corrected chi connectivity index (χ2v) is 12.1. The number of rotatable bonds is 21. The molecular weight excluding hydrogens is 550 g/mol. The van der Waals surface area contributed by atoms with Crippen molar-refractivity contribution in [1.82, 2.24) is 4.98 Å². The molecule has 4 heteroatoms. The van der Waals surface area contributed by atoms with E-state index in [0.29, 0.717) is 5.15 Å². The molecule has 3 aromatic carbocycles. The predicted octanol–water partition coefficient (Wildman–Crippen LogP) is 12.0. The first kappa shape index (κ1) is 32.9. The average molecular weight is 600 g/mol. The van der Waals surface area contributed by atoms with Gasteiger partial charge in [0, 0.05) is 10.8 Å². The first-order chi connectivity index (χ1) is 21.2. The smallest absolute Gasteiger partial charge is 0.145 e. The van der Waals surface area contributed by atoms with Crippen LogP contribution in [0.4, 0.5) is 0 Å². The summed E-state index contributed by atoms with van der Waals surface area (Å²) in [6.45, 7) is 3.78. The molecule has 0 atom stereocenters. The van der Waals surface area contributed by atoms with Gasteiger partial charge in [-0.2, -0.15) is 0 Å². The van der Waals surface area contributed by atoms with Gasteiger partial charge < -0.3 is 9.47 Å². The van der Waals surface area contributed by atoms with Crippen molar-refractivity contribution in [3.05, 3.63) is 89.7 Å². The molecule has 0 N–H and O–H groups in total. The quantitative estimate of drug-likeness (QED) is 0.0705. The molecule has 1 heterocycles. The lowest BCUT2D eigenvalue weighted by Gasteiger charge is -2.10. The topological polar surface area (TPSA) is 31.4 Å². The van der Waals surface area contributed by atoms with Crippen LogP contribution in [0, 0.1) is 0 Å². The second-order valence-electron chi connectivity index (χ2n) is 11.7. The second kappa shape index (κ2) is 19.3. The van der Waals surface area contributed by atoms with Crippen LogP contribution in [-0.2, 0) is 6.42 Å². The third-order valence-corrected chi connectivity index (χ3v) is 8.54. The molecule has 0 aliphatic heterocycles. The summed E-state index contributed by atoms with van der Waals surface area (Å²) in [7, 11) is 0. The molecule has 1 aromatic heterocycles. The van der Waals surface area contributed by atoms with E-state index in [1.807, 2.05) is 24.3 Å².